The Kier molecular flexibility index (Phi) is 6.41. The number of tetrazole rings is 1. The van der Waals surface area contributed by atoms with E-state index >= 15 is 0 Å². The summed E-state index contributed by atoms with van der Waals surface area (Å²) in [5, 5.41) is 17.5. The zero-order valence-corrected chi connectivity index (χ0v) is 18.9. The highest BCUT2D eigenvalue weighted by atomic mass is 79.9. The molecule has 0 radical (unpaired) electrons. The summed E-state index contributed by atoms with van der Waals surface area (Å²) in [7, 11) is 1.63. The van der Waals surface area contributed by atoms with Crippen LogP contribution in [-0.4, -0.2) is 44.0 Å². The van der Waals surface area contributed by atoms with Crippen molar-refractivity contribution < 1.29 is 9.53 Å². The molecule has 4 rings (SSSR count). The minimum atomic E-state index is -0.180. The normalized spacial score (nSPS) is 10.7. The lowest BCUT2D eigenvalue weighted by atomic mass is 10.2. The molecule has 0 fully saturated rings. The first-order chi connectivity index (χ1) is 14.6. The van der Waals surface area contributed by atoms with E-state index in [1.807, 2.05) is 53.9 Å². The number of carbonyl (C=O) groups is 1. The molecule has 2 aromatic carbocycles. The summed E-state index contributed by atoms with van der Waals surface area (Å²) in [6, 6.07) is 15.2. The van der Waals surface area contributed by atoms with E-state index in [-0.39, 0.29) is 11.7 Å². The molecule has 11 heteroatoms. The Balaban J connectivity index is 1.36. The summed E-state index contributed by atoms with van der Waals surface area (Å²) in [6.45, 7) is 0. The lowest BCUT2D eigenvalue weighted by Gasteiger charge is -2.04. The Bertz CT molecular complexity index is 1140. The van der Waals surface area contributed by atoms with E-state index in [1.54, 1.807) is 11.8 Å². The smallest absolute Gasteiger partial charge is 0.236 e. The van der Waals surface area contributed by atoms with Gasteiger partial charge in [0.05, 0.1) is 24.2 Å². The number of amides is 1. The molecule has 2 heterocycles. The van der Waals surface area contributed by atoms with Gasteiger partial charge in [0.2, 0.25) is 11.1 Å². The molecule has 0 saturated carbocycles. The van der Waals surface area contributed by atoms with Crippen LogP contribution in [0.25, 0.3) is 16.9 Å². The first kappa shape index (κ1) is 20.5. The van der Waals surface area contributed by atoms with Crippen molar-refractivity contribution in [2.75, 3.05) is 18.2 Å². The van der Waals surface area contributed by atoms with Crippen molar-refractivity contribution in [2.45, 2.75) is 5.16 Å². The zero-order valence-electron chi connectivity index (χ0n) is 15.7. The maximum Gasteiger partial charge on any atom is 0.236 e. The zero-order chi connectivity index (χ0) is 20.9. The van der Waals surface area contributed by atoms with Crippen LogP contribution in [0.3, 0.4) is 0 Å². The van der Waals surface area contributed by atoms with Gasteiger partial charge >= 0.3 is 0 Å². The number of methoxy groups -OCH3 is 1. The quantitative estimate of drug-likeness (QED) is 0.376. The second-order valence-corrected chi connectivity index (χ2v) is 8.67. The SMILES string of the molecule is COc1ccc(-c2csc(NC(=O)CSc3nnnn3-c3ccc(Br)cc3)n2)cc1. The van der Waals surface area contributed by atoms with E-state index in [4.69, 9.17) is 4.74 Å². The molecule has 0 atom stereocenters. The molecule has 0 aliphatic carbocycles. The predicted molar refractivity (Wildman–Crippen MR) is 120 cm³/mol. The van der Waals surface area contributed by atoms with Crippen LogP contribution in [0.2, 0.25) is 0 Å². The number of aromatic nitrogens is 5. The number of ether oxygens (including phenoxy) is 1. The number of benzene rings is 2. The van der Waals surface area contributed by atoms with Gasteiger partial charge in [-0.05, 0) is 59.0 Å². The van der Waals surface area contributed by atoms with Gasteiger partial charge in [0.1, 0.15) is 5.75 Å². The highest BCUT2D eigenvalue weighted by Crippen LogP contribution is 2.27. The number of carbonyl (C=O) groups excluding carboxylic acids is 1. The van der Waals surface area contributed by atoms with E-state index < -0.39 is 0 Å². The third kappa shape index (κ3) is 4.86. The number of hydrogen-bond donors (Lipinski definition) is 1. The Morgan fingerprint density at radius 3 is 2.70 bits per heavy atom. The van der Waals surface area contributed by atoms with E-state index in [0.717, 1.165) is 27.2 Å². The highest BCUT2D eigenvalue weighted by Gasteiger charge is 2.13. The van der Waals surface area contributed by atoms with Gasteiger partial charge in [0, 0.05) is 15.4 Å². The standard InChI is InChI=1S/C19H15BrN6O2S2/c1-28-15-8-2-12(3-9-15)16-10-29-18(21-16)22-17(27)11-30-19-23-24-25-26(19)14-6-4-13(20)5-7-14/h2-10H,11H2,1H3,(H,21,22,27). The Morgan fingerprint density at radius 1 is 1.20 bits per heavy atom. The molecule has 30 heavy (non-hydrogen) atoms. The number of halogens is 1. The third-order valence-electron chi connectivity index (χ3n) is 3.98. The summed E-state index contributed by atoms with van der Waals surface area (Å²) in [6.07, 6.45) is 0. The number of thiazole rings is 1. The summed E-state index contributed by atoms with van der Waals surface area (Å²) in [4.78, 5) is 16.8. The molecular formula is C19H15BrN6O2S2. The van der Waals surface area contributed by atoms with Gasteiger partial charge in [-0.1, -0.05) is 27.7 Å². The molecule has 0 aliphatic heterocycles. The number of nitrogens with one attached hydrogen (secondary N) is 1. The molecule has 1 N–H and O–H groups in total. The molecule has 0 bridgehead atoms. The lowest BCUT2D eigenvalue weighted by Crippen LogP contribution is -2.14. The fraction of sp³-hybridized carbons (Fsp3) is 0.105. The second kappa shape index (κ2) is 9.37. The van der Waals surface area contributed by atoms with Crippen molar-refractivity contribution in [2.24, 2.45) is 0 Å². The molecule has 1 amide bonds. The maximum atomic E-state index is 12.4. The number of hydrogen-bond acceptors (Lipinski definition) is 8. The van der Waals surface area contributed by atoms with Crippen molar-refractivity contribution in [1.82, 2.24) is 25.2 Å². The van der Waals surface area contributed by atoms with Crippen molar-refractivity contribution >= 4 is 50.1 Å². The Morgan fingerprint density at radius 2 is 1.97 bits per heavy atom. The molecule has 4 aromatic rings. The number of anilines is 1. The number of rotatable bonds is 7. The Labute approximate surface area is 188 Å². The molecule has 0 aliphatic rings. The largest absolute Gasteiger partial charge is 0.497 e. The van der Waals surface area contributed by atoms with Crippen LogP contribution >= 0.6 is 39.0 Å². The fourth-order valence-corrected chi connectivity index (χ4v) is 4.22. The van der Waals surface area contributed by atoms with E-state index in [9.17, 15) is 4.79 Å². The van der Waals surface area contributed by atoms with Gasteiger partial charge < -0.3 is 10.1 Å². The summed E-state index contributed by atoms with van der Waals surface area (Å²) >= 11 is 6.03. The van der Waals surface area contributed by atoms with Gasteiger partial charge in [0.15, 0.2) is 5.13 Å². The predicted octanol–water partition coefficient (Wildman–Crippen LogP) is 4.29. The minimum absolute atomic E-state index is 0.161. The number of nitrogens with zero attached hydrogens (tertiary/aromatic N) is 5. The fourth-order valence-electron chi connectivity index (χ4n) is 2.52. The lowest BCUT2D eigenvalue weighted by molar-refractivity contribution is -0.113. The first-order valence-electron chi connectivity index (χ1n) is 8.69. The van der Waals surface area contributed by atoms with Crippen LogP contribution in [0, 0.1) is 0 Å². The first-order valence-corrected chi connectivity index (χ1v) is 11.3. The summed E-state index contributed by atoms with van der Waals surface area (Å²) in [5.74, 6) is 0.764. The van der Waals surface area contributed by atoms with Gasteiger partial charge in [-0.15, -0.1) is 16.4 Å². The van der Waals surface area contributed by atoms with Crippen molar-refractivity contribution in [3.63, 3.8) is 0 Å². The molecule has 2 aromatic heterocycles. The maximum absolute atomic E-state index is 12.4. The highest BCUT2D eigenvalue weighted by molar-refractivity contribution is 9.10. The average Bonchev–Trinajstić information content (AvgIpc) is 3.42. The molecular weight excluding hydrogens is 488 g/mol. The summed E-state index contributed by atoms with van der Waals surface area (Å²) < 4.78 is 7.72. The van der Waals surface area contributed by atoms with Crippen molar-refractivity contribution in [1.29, 1.82) is 0 Å². The van der Waals surface area contributed by atoms with Gasteiger partial charge in [-0.3, -0.25) is 4.79 Å². The van der Waals surface area contributed by atoms with Gasteiger partial charge in [-0.2, -0.15) is 4.68 Å². The minimum Gasteiger partial charge on any atom is -0.497 e. The molecule has 8 nitrogen and oxygen atoms in total. The van der Waals surface area contributed by atoms with Crippen LogP contribution in [0.5, 0.6) is 5.75 Å². The van der Waals surface area contributed by atoms with Crippen LogP contribution < -0.4 is 10.1 Å². The molecule has 152 valence electrons. The van der Waals surface area contributed by atoms with Crippen LogP contribution in [-0.2, 0) is 4.79 Å². The van der Waals surface area contributed by atoms with E-state index in [0.29, 0.717) is 10.3 Å². The van der Waals surface area contributed by atoms with Crippen LogP contribution in [0.1, 0.15) is 0 Å². The summed E-state index contributed by atoms with van der Waals surface area (Å²) in [5.41, 5.74) is 2.57. The average molecular weight is 503 g/mol. The van der Waals surface area contributed by atoms with Crippen LogP contribution in [0.15, 0.2) is 63.5 Å². The molecule has 0 saturated heterocycles. The van der Waals surface area contributed by atoms with E-state index in [1.165, 1.54) is 23.1 Å². The topological polar surface area (TPSA) is 94.8 Å². The van der Waals surface area contributed by atoms with Gasteiger partial charge in [-0.25, -0.2) is 4.98 Å². The molecule has 0 unspecified atom stereocenters. The third-order valence-corrected chi connectivity index (χ3v) is 6.19. The van der Waals surface area contributed by atoms with E-state index in [2.05, 4.69) is 41.8 Å². The van der Waals surface area contributed by atoms with Gasteiger partial charge in [0.25, 0.3) is 0 Å². The Hall–Kier alpha value is -2.76. The van der Waals surface area contributed by atoms with Crippen molar-refractivity contribution in [3.8, 4) is 22.7 Å². The van der Waals surface area contributed by atoms with Crippen LogP contribution in [0.4, 0.5) is 5.13 Å². The van der Waals surface area contributed by atoms with Crippen molar-refractivity contribution in [3.05, 3.63) is 58.4 Å². The molecule has 0 spiro atoms. The monoisotopic (exact) mass is 502 g/mol. The number of thioether (sulfide) groups is 1. The second-order valence-electron chi connectivity index (χ2n) is 5.95.